The first-order chi connectivity index (χ1) is 14.5. The standard InChI is InChI=1S/C22H24ClN3O3S/c1-15(16-7-5-8-17(23)13-16)24-20(27)14-30-22-25-19-10-4-3-9-18(19)21(28)26(22)11-6-12-29-2/h3-5,7-10,13,15H,6,11-12,14H2,1-2H3,(H,24,27)/t15-/m1/s1. The fraction of sp³-hybridized carbons (Fsp3) is 0.318. The first-order valence-electron chi connectivity index (χ1n) is 9.65. The van der Waals surface area contributed by atoms with Gasteiger partial charge in [-0.1, -0.05) is 47.6 Å². The third-order valence-electron chi connectivity index (χ3n) is 4.62. The van der Waals surface area contributed by atoms with Gasteiger partial charge in [0.1, 0.15) is 0 Å². The molecular weight excluding hydrogens is 422 g/mol. The predicted molar refractivity (Wildman–Crippen MR) is 121 cm³/mol. The van der Waals surface area contributed by atoms with Crippen molar-refractivity contribution in [3.8, 4) is 0 Å². The summed E-state index contributed by atoms with van der Waals surface area (Å²) in [5.41, 5.74) is 1.45. The van der Waals surface area contributed by atoms with Gasteiger partial charge in [0, 0.05) is 25.3 Å². The van der Waals surface area contributed by atoms with Crippen LogP contribution >= 0.6 is 23.4 Å². The van der Waals surface area contributed by atoms with Crippen molar-refractivity contribution in [2.45, 2.75) is 31.1 Å². The van der Waals surface area contributed by atoms with Crippen LogP contribution in [-0.4, -0.2) is 34.9 Å². The highest BCUT2D eigenvalue weighted by Crippen LogP contribution is 2.20. The van der Waals surface area contributed by atoms with Crippen molar-refractivity contribution < 1.29 is 9.53 Å². The molecule has 0 saturated carbocycles. The topological polar surface area (TPSA) is 73.2 Å². The molecule has 1 amide bonds. The molecule has 0 aliphatic heterocycles. The van der Waals surface area contributed by atoms with E-state index in [0.29, 0.717) is 40.7 Å². The van der Waals surface area contributed by atoms with Crippen LogP contribution in [-0.2, 0) is 16.1 Å². The third kappa shape index (κ3) is 5.62. The fourth-order valence-corrected chi connectivity index (χ4v) is 4.13. The number of aromatic nitrogens is 2. The number of fused-ring (bicyclic) bond motifs is 1. The summed E-state index contributed by atoms with van der Waals surface area (Å²) in [6.45, 7) is 2.93. The molecule has 158 valence electrons. The van der Waals surface area contributed by atoms with Gasteiger partial charge in [0.2, 0.25) is 5.91 Å². The summed E-state index contributed by atoms with van der Waals surface area (Å²) in [6, 6.07) is 14.5. The van der Waals surface area contributed by atoms with Gasteiger partial charge in [-0.15, -0.1) is 0 Å². The molecule has 6 nitrogen and oxygen atoms in total. The minimum absolute atomic E-state index is 0.105. The lowest BCUT2D eigenvalue weighted by Gasteiger charge is -2.16. The van der Waals surface area contributed by atoms with Gasteiger partial charge in [-0.25, -0.2) is 4.98 Å². The predicted octanol–water partition coefficient (Wildman–Crippen LogP) is 4.06. The van der Waals surface area contributed by atoms with Crippen LogP contribution in [0.4, 0.5) is 0 Å². The van der Waals surface area contributed by atoms with Crippen molar-refractivity contribution in [1.29, 1.82) is 0 Å². The molecule has 0 spiro atoms. The van der Waals surface area contributed by atoms with E-state index in [9.17, 15) is 9.59 Å². The number of para-hydroxylation sites is 1. The number of nitrogens with zero attached hydrogens (tertiary/aromatic N) is 2. The number of carbonyl (C=O) groups excluding carboxylic acids is 1. The molecule has 1 aromatic heterocycles. The van der Waals surface area contributed by atoms with E-state index in [1.165, 1.54) is 11.8 Å². The van der Waals surface area contributed by atoms with Crippen LogP contribution in [0.3, 0.4) is 0 Å². The summed E-state index contributed by atoms with van der Waals surface area (Å²) < 4.78 is 6.73. The molecule has 1 atom stereocenters. The lowest BCUT2D eigenvalue weighted by Crippen LogP contribution is -2.29. The number of benzene rings is 2. The summed E-state index contributed by atoms with van der Waals surface area (Å²) in [6.07, 6.45) is 0.683. The van der Waals surface area contributed by atoms with E-state index in [0.717, 1.165) is 5.56 Å². The molecule has 2 aromatic carbocycles. The van der Waals surface area contributed by atoms with Gasteiger partial charge < -0.3 is 10.1 Å². The van der Waals surface area contributed by atoms with Crippen LogP contribution < -0.4 is 10.9 Å². The second kappa shape index (κ2) is 10.6. The van der Waals surface area contributed by atoms with Gasteiger partial charge in [-0.05, 0) is 43.2 Å². The Morgan fingerprint density at radius 2 is 2.07 bits per heavy atom. The highest BCUT2D eigenvalue weighted by atomic mass is 35.5. The van der Waals surface area contributed by atoms with Crippen molar-refractivity contribution in [1.82, 2.24) is 14.9 Å². The molecule has 0 unspecified atom stereocenters. The maximum absolute atomic E-state index is 12.9. The average Bonchev–Trinajstić information content (AvgIpc) is 2.74. The number of halogens is 1. The van der Waals surface area contributed by atoms with E-state index in [1.54, 1.807) is 23.8 Å². The van der Waals surface area contributed by atoms with Gasteiger partial charge in [-0.2, -0.15) is 0 Å². The maximum atomic E-state index is 12.9. The molecule has 0 aliphatic carbocycles. The van der Waals surface area contributed by atoms with Gasteiger partial charge in [0.25, 0.3) is 5.56 Å². The molecule has 0 saturated heterocycles. The summed E-state index contributed by atoms with van der Waals surface area (Å²) in [5, 5.41) is 4.69. The van der Waals surface area contributed by atoms with Crippen molar-refractivity contribution in [2.75, 3.05) is 19.5 Å². The van der Waals surface area contributed by atoms with Crippen LogP contribution in [0.15, 0.2) is 58.5 Å². The fourth-order valence-electron chi connectivity index (χ4n) is 3.09. The first-order valence-corrected chi connectivity index (χ1v) is 11.0. The van der Waals surface area contributed by atoms with Crippen molar-refractivity contribution in [2.24, 2.45) is 0 Å². The number of rotatable bonds is 9. The monoisotopic (exact) mass is 445 g/mol. The van der Waals surface area contributed by atoms with Crippen molar-refractivity contribution >= 4 is 40.2 Å². The zero-order chi connectivity index (χ0) is 21.5. The Kier molecular flexibility index (Phi) is 7.90. The Bertz CT molecular complexity index is 1090. The smallest absolute Gasteiger partial charge is 0.262 e. The van der Waals surface area contributed by atoms with Gasteiger partial charge in [0.15, 0.2) is 5.16 Å². The summed E-state index contributed by atoms with van der Waals surface area (Å²) in [5.74, 6) is 0.0123. The Morgan fingerprint density at radius 1 is 1.27 bits per heavy atom. The van der Waals surface area contributed by atoms with Gasteiger partial charge in [-0.3, -0.25) is 14.2 Å². The summed E-state index contributed by atoms with van der Waals surface area (Å²) >= 11 is 7.29. The second-order valence-electron chi connectivity index (χ2n) is 6.85. The van der Waals surface area contributed by atoms with E-state index < -0.39 is 0 Å². The van der Waals surface area contributed by atoms with E-state index >= 15 is 0 Å². The van der Waals surface area contributed by atoms with Crippen molar-refractivity contribution in [3.05, 3.63) is 69.5 Å². The molecule has 30 heavy (non-hydrogen) atoms. The van der Waals surface area contributed by atoms with Crippen LogP contribution in [0, 0.1) is 0 Å². The molecule has 0 aliphatic rings. The number of hydrogen-bond donors (Lipinski definition) is 1. The largest absolute Gasteiger partial charge is 0.385 e. The lowest BCUT2D eigenvalue weighted by atomic mass is 10.1. The van der Waals surface area contributed by atoms with Crippen LogP contribution in [0.2, 0.25) is 5.02 Å². The highest BCUT2D eigenvalue weighted by molar-refractivity contribution is 7.99. The third-order valence-corrected chi connectivity index (χ3v) is 5.83. The Morgan fingerprint density at radius 3 is 2.83 bits per heavy atom. The normalized spacial score (nSPS) is 12.1. The second-order valence-corrected chi connectivity index (χ2v) is 8.23. The summed E-state index contributed by atoms with van der Waals surface area (Å²) in [7, 11) is 1.63. The van der Waals surface area contributed by atoms with Crippen LogP contribution in [0.25, 0.3) is 10.9 Å². The quantitative estimate of drug-likeness (QED) is 0.305. The Labute approximate surface area is 184 Å². The first kappa shape index (κ1) is 22.3. The van der Waals surface area contributed by atoms with E-state index in [4.69, 9.17) is 16.3 Å². The molecule has 0 fully saturated rings. The number of methoxy groups -OCH3 is 1. The number of amides is 1. The Hall–Kier alpha value is -2.35. The molecule has 0 bridgehead atoms. The van der Waals surface area contributed by atoms with E-state index in [-0.39, 0.29) is 23.3 Å². The number of nitrogens with one attached hydrogen (secondary N) is 1. The highest BCUT2D eigenvalue weighted by Gasteiger charge is 2.15. The molecule has 0 radical (unpaired) electrons. The van der Waals surface area contributed by atoms with Crippen molar-refractivity contribution in [3.63, 3.8) is 0 Å². The minimum atomic E-state index is -0.176. The zero-order valence-corrected chi connectivity index (χ0v) is 18.5. The number of ether oxygens (including phenoxy) is 1. The number of thioether (sulfide) groups is 1. The van der Waals surface area contributed by atoms with Gasteiger partial charge >= 0.3 is 0 Å². The SMILES string of the molecule is COCCCn1c(SCC(=O)N[C@H](C)c2cccc(Cl)c2)nc2ccccc2c1=O. The minimum Gasteiger partial charge on any atom is -0.385 e. The van der Waals surface area contributed by atoms with E-state index in [2.05, 4.69) is 10.3 Å². The van der Waals surface area contributed by atoms with Crippen LogP contribution in [0.5, 0.6) is 0 Å². The lowest BCUT2D eigenvalue weighted by molar-refractivity contribution is -0.119. The molecule has 8 heteroatoms. The Balaban J connectivity index is 1.74. The number of carbonyl (C=O) groups is 1. The molecule has 1 heterocycles. The summed E-state index contributed by atoms with van der Waals surface area (Å²) in [4.78, 5) is 30.1. The maximum Gasteiger partial charge on any atom is 0.262 e. The molecule has 3 aromatic rings. The number of hydrogen-bond acceptors (Lipinski definition) is 5. The molecule has 1 N–H and O–H groups in total. The molecular formula is C22H24ClN3O3S. The average molecular weight is 446 g/mol. The molecule has 3 rings (SSSR count). The van der Waals surface area contributed by atoms with Crippen LogP contribution in [0.1, 0.15) is 24.9 Å². The zero-order valence-electron chi connectivity index (χ0n) is 16.9. The van der Waals surface area contributed by atoms with Gasteiger partial charge in [0.05, 0.1) is 22.7 Å². The van der Waals surface area contributed by atoms with E-state index in [1.807, 2.05) is 43.3 Å².